The number of likely N-dealkylation sites (tertiary alicyclic amines) is 1. The first-order valence-electron chi connectivity index (χ1n) is 11.0. The van der Waals surface area contributed by atoms with Gasteiger partial charge in [-0.05, 0) is 60.8 Å². The van der Waals surface area contributed by atoms with Gasteiger partial charge in [-0.1, -0.05) is 34.5 Å². The molecule has 1 aromatic heterocycles. The molecule has 8 nitrogen and oxygen atoms in total. The summed E-state index contributed by atoms with van der Waals surface area (Å²) in [5.41, 5.74) is 6.63. The number of nitrogens with zero attached hydrogens (tertiary/aromatic N) is 2. The van der Waals surface area contributed by atoms with Crippen molar-refractivity contribution in [2.75, 3.05) is 18.8 Å². The highest BCUT2D eigenvalue weighted by molar-refractivity contribution is 9.10. The van der Waals surface area contributed by atoms with Crippen molar-refractivity contribution >= 4 is 48.3 Å². The van der Waals surface area contributed by atoms with Crippen molar-refractivity contribution in [1.82, 2.24) is 14.5 Å². The minimum atomic E-state index is -3.57. The lowest BCUT2D eigenvalue weighted by Gasteiger charge is -2.31. The standard InChI is InChI=1S/C23H26BrClN4O4S/c1-2-34(32,33)21-6-5-16(25)8-15(21)12-29-22(30)18-10-19(24)14(9-20(18)27-23(29)31)11-28-7-3-4-17(26)13-28/h5-6,8-10,17H,2-4,7,11-13,26H2,1H3,(H,27,31)/t17-/m1/s1. The van der Waals surface area contributed by atoms with Crippen molar-refractivity contribution in [3.63, 3.8) is 0 Å². The fourth-order valence-electron chi connectivity index (χ4n) is 4.36. The summed E-state index contributed by atoms with van der Waals surface area (Å²) in [5.74, 6) is -0.109. The summed E-state index contributed by atoms with van der Waals surface area (Å²) in [5, 5.41) is 0.646. The van der Waals surface area contributed by atoms with E-state index < -0.39 is 21.1 Å². The van der Waals surface area contributed by atoms with Crippen LogP contribution in [0.1, 0.15) is 30.9 Å². The molecule has 1 atom stereocenters. The van der Waals surface area contributed by atoms with Gasteiger partial charge in [0.15, 0.2) is 9.84 Å². The normalized spacial score (nSPS) is 17.4. The number of rotatable bonds is 6. The van der Waals surface area contributed by atoms with E-state index in [0.717, 1.165) is 40.5 Å². The highest BCUT2D eigenvalue weighted by Gasteiger charge is 2.21. The third-order valence-corrected chi connectivity index (χ3v) is 8.95. The summed E-state index contributed by atoms with van der Waals surface area (Å²) in [6, 6.07) is 8.01. The Balaban J connectivity index is 1.75. The maximum Gasteiger partial charge on any atom is 0.329 e. The lowest BCUT2D eigenvalue weighted by molar-refractivity contribution is 0.201. The second kappa shape index (κ2) is 9.94. The van der Waals surface area contributed by atoms with Crippen LogP contribution in [0.2, 0.25) is 5.02 Å². The van der Waals surface area contributed by atoms with Gasteiger partial charge in [0.05, 0.1) is 28.1 Å². The fourth-order valence-corrected chi connectivity index (χ4v) is 6.13. The van der Waals surface area contributed by atoms with Gasteiger partial charge in [-0.2, -0.15) is 0 Å². The smallest absolute Gasteiger partial charge is 0.327 e. The number of hydrogen-bond acceptors (Lipinski definition) is 6. The van der Waals surface area contributed by atoms with Crippen LogP contribution in [0.15, 0.2) is 49.3 Å². The van der Waals surface area contributed by atoms with Crippen molar-refractivity contribution in [1.29, 1.82) is 0 Å². The number of hydrogen-bond donors (Lipinski definition) is 2. The number of nitrogens with one attached hydrogen (secondary N) is 1. The molecule has 0 spiro atoms. The topological polar surface area (TPSA) is 118 Å². The van der Waals surface area contributed by atoms with Gasteiger partial charge in [-0.3, -0.25) is 14.3 Å². The number of piperidine rings is 1. The molecule has 4 rings (SSSR count). The fraction of sp³-hybridized carbons (Fsp3) is 0.391. The summed E-state index contributed by atoms with van der Waals surface area (Å²) >= 11 is 9.66. The monoisotopic (exact) mass is 568 g/mol. The Morgan fingerprint density at radius 1 is 1.18 bits per heavy atom. The predicted octanol–water partition coefficient (Wildman–Crippen LogP) is 2.87. The van der Waals surface area contributed by atoms with Crippen molar-refractivity contribution in [3.8, 4) is 0 Å². The van der Waals surface area contributed by atoms with Crippen LogP contribution in [0.4, 0.5) is 0 Å². The minimum absolute atomic E-state index is 0.0575. The van der Waals surface area contributed by atoms with E-state index in [-0.39, 0.29) is 23.2 Å². The van der Waals surface area contributed by atoms with Crippen LogP contribution in [0.5, 0.6) is 0 Å². The Morgan fingerprint density at radius 3 is 2.65 bits per heavy atom. The summed E-state index contributed by atoms with van der Waals surface area (Å²) in [4.78, 5) is 31.3. The molecule has 1 saturated heterocycles. The van der Waals surface area contributed by atoms with Crippen molar-refractivity contribution in [2.45, 2.75) is 43.8 Å². The second-order valence-corrected chi connectivity index (χ2v) is 12.1. The maximum absolute atomic E-state index is 13.3. The van der Waals surface area contributed by atoms with Crippen LogP contribution in [-0.2, 0) is 22.9 Å². The van der Waals surface area contributed by atoms with Gasteiger partial charge in [0.1, 0.15) is 0 Å². The summed E-state index contributed by atoms with van der Waals surface area (Å²) < 4.78 is 26.8. The average molecular weight is 570 g/mol. The zero-order chi connectivity index (χ0) is 24.6. The first-order chi connectivity index (χ1) is 16.1. The first-order valence-corrected chi connectivity index (χ1v) is 13.9. The van der Waals surface area contributed by atoms with Gasteiger partial charge in [-0.25, -0.2) is 13.2 Å². The number of sulfone groups is 1. The number of halogens is 2. The molecule has 0 unspecified atom stereocenters. The van der Waals surface area contributed by atoms with Crippen LogP contribution in [0, 0.1) is 0 Å². The van der Waals surface area contributed by atoms with Crippen molar-refractivity contribution < 1.29 is 8.42 Å². The van der Waals surface area contributed by atoms with E-state index in [1.54, 1.807) is 12.1 Å². The van der Waals surface area contributed by atoms with E-state index >= 15 is 0 Å². The number of nitrogens with two attached hydrogens (primary N) is 1. The molecular weight excluding hydrogens is 544 g/mol. The molecule has 2 aromatic carbocycles. The van der Waals surface area contributed by atoms with Gasteiger partial charge >= 0.3 is 5.69 Å². The molecule has 0 saturated carbocycles. The van der Waals surface area contributed by atoms with Gasteiger partial charge < -0.3 is 10.7 Å². The Kier molecular flexibility index (Phi) is 7.35. The summed E-state index contributed by atoms with van der Waals surface area (Å²) in [7, 11) is -3.57. The molecule has 2 heterocycles. The van der Waals surface area contributed by atoms with Gasteiger partial charge in [0, 0.05) is 28.6 Å². The Morgan fingerprint density at radius 2 is 1.94 bits per heavy atom. The maximum atomic E-state index is 13.3. The van der Waals surface area contributed by atoms with Crippen LogP contribution in [-0.4, -0.2) is 47.8 Å². The number of fused-ring (bicyclic) bond motifs is 1. The number of H-pyrrole nitrogens is 1. The zero-order valence-electron chi connectivity index (χ0n) is 18.7. The highest BCUT2D eigenvalue weighted by atomic mass is 79.9. The molecular formula is C23H26BrClN4O4S. The van der Waals surface area contributed by atoms with Gasteiger partial charge in [0.25, 0.3) is 5.56 Å². The minimum Gasteiger partial charge on any atom is -0.327 e. The van der Waals surface area contributed by atoms with Crippen LogP contribution in [0.25, 0.3) is 10.9 Å². The van der Waals surface area contributed by atoms with Crippen LogP contribution < -0.4 is 17.0 Å². The SMILES string of the molecule is CCS(=O)(=O)c1ccc(Cl)cc1Cn1c(=O)[nH]c2cc(CN3CCC[C@@H](N)C3)c(Br)cc2c1=O. The van der Waals surface area contributed by atoms with E-state index in [9.17, 15) is 18.0 Å². The number of aromatic nitrogens is 2. The Labute approximate surface area is 210 Å². The van der Waals surface area contributed by atoms with Crippen molar-refractivity contribution in [3.05, 3.63) is 71.8 Å². The van der Waals surface area contributed by atoms with Gasteiger partial charge in [-0.15, -0.1) is 0 Å². The molecule has 34 heavy (non-hydrogen) atoms. The largest absolute Gasteiger partial charge is 0.329 e. The summed E-state index contributed by atoms with van der Waals surface area (Å²) in [6.07, 6.45) is 2.04. The number of aromatic amines is 1. The molecule has 1 aliphatic rings. The van der Waals surface area contributed by atoms with E-state index in [2.05, 4.69) is 25.8 Å². The second-order valence-electron chi connectivity index (χ2n) is 8.60. The summed E-state index contributed by atoms with van der Waals surface area (Å²) in [6.45, 7) is 3.71. The van der Waals surface area contributed by atoms with Gasteiger partial charge in [0.2, 0.25) is 0 Å². The predicted molar refractivity (Wildman–Crippen MR) is 137 cm³/mol. The molecule has 0 bridgehead atoms. The molecule has 0 radical (unpaired) electrons. The van der Waals surface area contributed by atoms with Crippen LogP contribution >= 0.6 is 27.5 Å². The third kappa shape index (κ3) is 5.16. The molecule has 11 heteroatoms. The first kappa shape index (κ1) is 25.1. The van der Waals surface area contributed by atoms with Crippen molar-refractivity contribution in [2.24, 2.45) is 5.73 Å². The molecule has 3 aromatic rings. The Hall–Kier alpha value is -1.98. The number of benzene rings is 2. The van der Waals surface area contributed by atoms with Crippen LogP contribution in [0.3, 0.4) is 0 Å². The van der Waals surface area contributed by atoms with E-state index in [0.29, 0.717) is 28.0 Å². The third-order valence-electron chi connectivity index (χ3n) is 6.15. The quantitative estimate of drug-likeness (QED) is 0.471. The molecule has 1 aliphatic heterocycles. The lowest BCUT2D eigenvalue weighted by atomic mass is 10.1. The molecule has 3 N–H and O–H groups in total. The lowest BCUT2D eigenvalue weighted by Crippen LogP contribution is -2.42. The Bertz CT molecular complexity index is 1470. The molecule has 182 valence electrons. The van der Waals surface area contributed by atoms with E-state index in [4.69, 9.17) is 17.3 Å². The van der Waals surface area contributed by atoms with E-state index in [1.165, 1.54) is 25.1 Å². The van der Waals surface area contributed by atoms with E-state index in [1.807, 2.05) is 0 Å². The molecule has 0 amide bonds. The average Bonchev–Trinajstić information content (AvgIpc) is 2.78. The zero-order valence-corrected chi connectivity index (χ0v) is 21.8. The highest BCUT2D eigenvalue weighted by Crippen LogP contribution is 2.25. The molecule has 0 aliphatic carbocycles. The molecule has 1 fully saturated rings.